The highest BCUT2D eigenvalue weighted by Crippen LogP contribution is 2.38. The highest BCUT2D eigenvalue weighted by molar-refractivity contribution is 5.85. The first kappa shape index (κ1) is 13.5. The van der Waals surface area contributed by atoms with Crippen molar-refractivity contribution >= 4 is 11.8 Å². The summed E-state index contributed by atoms with van der Waals surface area (Å²) in [5.74, 6) is 1.01. The van der Waals surface area contributed by atoms with Crippen LogP contribution in [0.25, 0.3) is 0 Å². The summed E-state index contributed by atoms with van der Waals surface area (Å²) in [6.45, 7) is 5.26. The number of carbonyl (C=O) groups excluding carboxylic acids is 1. The van der Waals surface area contributed by atoms with Crippen LogP contribution >= 0.6 is 0 Å². The topological polar surface area (TPSA) is 77.0 Å². The number of benzene rings is 1. The standard InChI is InChI=1S/C13H17NO5/c1-13(2,3)19-12(16)14-9-4-8(6-15)11-10(5-9)17-7-18-11/h4-5,15H,6-7H2,1-3H3,(H,14,16). The van der Waals surface area contributed by atoms with Gasteiger partial charge in [0.2, 0.25) is 6.79 Å². The van der Waals surface area contributed by atoms with Crippen molar-refractivity contribution in [2.24, 2.45) is 0 Å². The van der Waals surface area contributed by atoms with Crippen LogP contribution in [-0.4, -0.2) is 23.6 Å². The van der Waals surface area contributed by atoms with Crippen LogP contribution < -0.4 is 14.8 Å². The summed E-state index contributed by atoms with van der Waals surface area (Å²) >= 11 is 0. The van der Waals surface area contributed by atoms with E-state index in [2.05, 4.69) is 5.32 Å². The Morgan fingerprint density at radius 1 is 1.42 bits per heavy atom. The van der Waals surface area contributed by atoms with Crippen LogP contribution in [0, 0.1) is 0 Å². The fraction of sp³-hybridized carbons (Fsp3) is 0.462. The molecule has 2 N–H and O–H groups in total. The number of aliphatic hydroxyl groups is 1. The number of nitrogens with one attached hydrogen (secondary N) is 1. The predicted octanol–water partition coefficient (Wildman–Crippen LogP) is 2.25. The third-order valence-corrected chi connectivity index (χ3v) is 2.37. The Labute approximate surface area is 111 Å². The quantitative estimate of drug-likeness (QED) is 0.859. The lowest BCUT2D eigenvalue weighted by atomic mass is 10.1. The summed E-state index contributed by atoms with van der Waals surface area (Å²) in [6, 6.07) is 3.25. The van der Waals surface area contributed by atoms with Crippen LogP contribution in [0.4, 0.5) is 10.5 Å². The summed E-state index contributed by atoms with van der Waals surface area (Å²) in [6.07, 6.45) is -0.560. The lowest BCUT2D eigenvalue weighted by molar-refractivity contribution is 0.0636. The van der Waals surface area contributed by atoms with Crippen molar-refractivity contribution in [2.75, 3.05) is 12.1 Å². The second kappa shape index (κ2) is 4.97. The molecule has 6 nitrogen and oxygen atoms in total. The van der Waals surface area contributed by atoms with Crippen LogP contribution in [0.5, 0.6) is 11.5 Å². The third kappa shape index (κ3) is 3.29. The molecule has 0 fully saturated rings. The molecule has 0 aromatic heterocycles. The molecule has 1 amide bonds. The fourth-order valence-corrected chi connectivity index (χ4v) is 1.69. The number of amides is 1. The molecule has 104 valence electrons. The highest BCUT2D eigenvalue weighted by Gasteiger charge is 2.21. The Morgan fingerprint density at radius 2 is 2.16 bits per heavy atom. The largest absolute Gasteiger partial charge is 0.454 e. The van der Waals surface area contributed by atoms with E-state index in [0.717, 1.165) is 0 Å². The van der Waals surface area contributed by atoms with E-state index in [4.69, 9.17) is 14.2 Å². The van der Waals surface area contributed by atoms with Crippen molar-refractivity contribution in [3.05, 3.63) is 17.7 Å². The molecule has 0 saturated carbocycles. The predicted molar refractivity (Wildman–Crippen MR) is 68.3 cm³/mol. The molecule has 0 saturated heterocycles. The summed E-state index contributed by atoms with van der Waals surface area (Å²) in [5.41, 5.74) is 0.476. The third-order valence-electron chi connectivity index (χ3n) is 2.37. The van der Waals surface area contributed by atoms with Gasteiger partial charge in [-0.15, -0.1) is 0 Å². The van der Waals surface area contributed by atoms with E-state index in [-0.39, 0.29) is 13.4 Å². The zero-order valence-electron chi connectivity index (χ0n) is 11.1. The SMILES string of the molecule is CC(C)(C)OC(=O)Nc1cc(CO)c2c(c1)OCO2. The molecule has 1 aliphatic heterocycles. The normalized spacial score (nSPS) is 13.3. The van der Waals surface area contributed by atoms with Crippen LogP contribution in [-0.2, 0) is 11.3 Å². The van der Waals surface area contributed by atoms with Crippen molar-refractivity contribution < 1.29 is 24.1 Å². The van der Waals surface area contributed by atoms with Gasteiger partial charge >= 0.3 is 6.09 Å². The van der Waals surface area contributed by atoms with Crippen LogP contribution in [0.15, 0.2) is 12.1 Å². The Bertz CT molecular complexity index is 493. The van der Waals surface area contributed by atoms with E-state index in [1.807, 2.05) is 0 Å². The number of hydrogen-bond acceptors (Lipinski definition) is 5. The van der Waals surface area contributed by atoms with Crippen molar-refractivity contribution in [3.63, 3.8) is 0 Å². The number of ether oxygens (including phenoxy) is 3. The minimum absolute atomic E-state index is 0.109. The summed E-state index contributed by atoms with van der Waals surface area (Å²) in [5, 5.41) is 11.9. The lowest BCUT2D eigenvalue weighted by Crippen LogP contribution is -2.27. The molecule has 0 spiro atoms. The Morgan fingerprint density at radius 3 is 2.79 bits per heavy atom. The van der Waals surface area contributed by atoms with Gasteiger partial charge in [0.1, 0.15) is 5.60 Å². The maximum Gasteiger partial charge on any atom is 0.412 e. The first-order valence-electron chi connectivity index (χ1n) is 5.92. The monoisotopic (exact) mass is 267 g/mol. The maximum absolute atomic E-state index is 11.7. The van der Waals surface area contributed by atoms with E-state index in [1.54, 1.807) is 32.9 Å². The molecule has 19 heavy (non-hydrogen) atoms. The van der Waals surface area contributed by atoms with Gasteiger partial charge in [-0.25, -0.2) is 4.79 Å². The first-order valence-corrected chi connectivity index (χ1v) is 5.92. The lowest BCUT2D eigenvalue weighted by Gasteiger charge is -2.20. The molecule has 0 radical (unpaired) electrons. The van der Waals surface area contributed by atoms with Gasteiger partial charge in [0.15, 0.2) is 11.5 Å². The fourth-order valence-electron chi connectivity index (χ4n) is 1.69. The van der Waals surface area contributed by atoms with E-state index in [1.165, 1.54) is 0 Å². The minimum Gasteiger partial charge on any atom is -0.454 e. The molecule has 6 heteroatoms. The van der Waals surface area contributed by atoms with Gasteiger partial charge in [-0.3, -0.25) is 5.32 Å². The van der Waals surface area contributed by atoms with Gasteiger partial charge < -0.3 is 19.3 Å². The molecular weight excluding hydrogens is 250 g/mol. The molecule has 2 rings (SSSR count). The molecule has 1 aromatic rings. The van der Waals surface area contributed by atoms with Gasteiger partial charge in [-0.2, -0.15) is 0 Å². The van der Waals surface area contributed by atoms with E-state index < -0.39 is 11.7 Å². The van der Waals surface area contributed by atoms with Crippen LogP contribution in [0.3, 0.4) is 0 Å². The van der Waals surface area contributed by atoms with Gasteiger partial charge in [-0.1, -0.05) is 0 Å². The van der Waals surface area contributed by atoms with Crippen LogP contribution in [0.2, 0.25) is 0 Å². The molecule has 0 unspecified atom stereocenters. The number of fused-ring (bicyclic) bond motifs is 1. The summed E-state index contributed by atoms with van der Waals surface area (Å²) < 4.78 is 15.6. The molecule has 1 aliphatic rings. The molecule has 0 atom stereocenters. The summed E-state index contributed by atoms with van der Waals surface area (Å²) in [4.78, 5) is 11.7. The average molecular weight is 267 g/mol. The molecule has 1 heterocycles. The zero-order chi connectivity index (χ0) is 14.0. The van der Waals surface area contributed by atoms with E-state index in [9.17, 15) is 9.90 Å². The second-order valence-electron chi connectivity index (χ2n) is 5.15. The Hall–Kier alpha value is -1.95. The summed E-state index contributed by atoms with van der Waals surface area (Å²) in [7, 11) is 0. The van der Waals surface area contributed by atoms with Gasteiger partial charge in [0, 0.05) is 17.3 Å². The average Bonchev–Trinajstić information content (AvgIpc) is 2.73. The number of rotatable bonds is 2. The zero-order valence-corrected chi connectivity index (χ0v) is 11.1. The molecule has 0 aliphatic carbocycles. The van der Waals surface area contributed by atoms with Crippen LogP contribution in [0.1, 0.15) is 26.3 Å². The first-order chi connectivity index (χ1) is 8.89. The number of hydrogen-bond donors (Lipinski definition) is 2. The van der Waals surface area contributed by atoms with E-state index in [0.29, 0.717) is 22.7 Å². The number of carbonyl (C=O) groups is 1. The van der Waals surface area contributed by atoms with Crippen molar-refractivity contribution in [3.8, 4) is 11.5 Å². The van der Waals surface area contributed by atoms with Crippen molar-refractivity contribution in [1.82, 2.24) is 0 Å². The number of anilines is 1. The van der Waals surface area contributed by atoms with Crippen molar-refractivity contribution in [2.45, 2.75) is 33.0 Å². The molecule has 0 bridgehead atoms. The maximum atomic E-state index is 11.7. The van der Waals surface area contributed by atoms with E-state index >= 15 is 0 Å². The highest BCUT2D eigenvalue weighted by atomic mass is 16.7. The molecular formula is C13H17NO5. The minimum atomic E-state index is -0.569. The van der Waals surface area contributed by atoms with Gasteiger partial charge in [-0.05, 0) is 26.8 Å². The van der Waals surface area contributed by atoms with Crippen molar-refractivity contribution in [1.29, 1.82) is 0 Å². The Balaban J connectivity index is 2.15. The van der Waals surface area contributed by atoms with Gasteiger partial charge in [0.25, 0.3) is 0 Å². The second-order valence-corrected chi connectivity index (χ2v) is 5.15. The molecule has 1 aromatic carbocycles. The Kier molecular flexibility index (Phi) is 3.53. The van der Waals surface area contributed by atoms with Gasteiger partial charge in [0.05, 0.1) is 6.61 Å². The smallest absolute Gasteiger partial charge is 0.412 e. The number of aliphatic hydroxyl groups excluding tert-OH is 1.